The van der Waals surface area contributed by atoms with Crippen molar-refractivity contribution in [2.75, 3.05) is 0 Å². The van der Waals surface area contributed by atoms with Crippen LogP contribution in [0.4, 0.5) is 4.39 Å². The van der Waals surface area contributed by atoms with Gasteiger partial charge in [0, 0.05) is 16.8 Å². The van der Waals surface area contributed by atoms with Crippen LogP contribution in [0.3, 0.4) is 0 Å². The first-order chi connectivity index (χ1) is 8.52. The molecule has 0 aliphatic rings. The normalized spacial score (nSPS) is 10.7. The highest BCUT2D eigenvalue weighted by Crippen LogP contribution is 2.25. The minimum absolute atomic E-state index is 0.0471. The van der Waals surface area contributed by atoms with Crippen LogP contribution in [0.5, 0.6) is 0 Å². The van der Waals surface area contributed by atoms with Crippen LogP contribution in [0.2, 0.25) is 10.2 Å². The average molecular weight is 285 g/mol. The second-order valence-corrected chi connectivity index (χ2v) is 4.66. The van der Waals surface area contributed by atoms with E-state index < -0.39 is 5.82 Å². The highest BCUT2D eigenvalue weighted by molar-refractivity contribution is 6.31. The van der Waals surface area contributed by atoms with Crippen LogP contribution in [0, 0.1) is 12.7 Å². The van der Waals surface area contributed by atoms with Crippen LogP contribution in [-0.2, 0) is 6.42 Å². The van der Waals surface area contributed by atoms with Crippen molar-refractivity contribution in [1.82, 2.24) is 9.97 Å². The van der Waals surface area contributed by atoms with Gasteiger partial charge in [0.15, 0.2) is 5.82 Å². The highest BCUT2D eigenvalue weighted by Gasteiger charge is 2.11. The predicted molar refractivity (Wildman–Crippen MR) is 71.6 cm³/mol. The van der Waals surface area contributed by atoms with Gasteiger partial charge in [-0.2, -0.15) is 0 Å². The Morgan fingerprint density at radius 2 is 1.94 bits per heavy atom. The molecule has 2 aromatic rings. The van der Waals surface area contributed by atoms with Gasteiger partial charge in [-0.25, -0.2) is 14.4 Å². The Labute approximate surface area is 115 Å². The number of hydrogen-bond donors (Lipinski definition) is 0. The molecule has 0 atom stereocenters. The molecule has 0 fully saturated rings. The highest BCUT2D eigenvalue weighted by atomic mass is 35.5. The van der Waals surface area contributed by atoms with Crippen molar-refractivity contribution in [2.24, 2.45) is 0 Å². The molecule has 0 spiro atoms. The van der Waals surface area contributed by atoms with Gasteiger partial charge >= 0.3 is 0 Å². The fourth-order valence-electron chi connectivity index (χ4n) is 1.64. The molecular formula is C13H11Cl2FN2. The molecular weight excluding hydrogens is 274 g/mol. The number of aryl methyl sites for hydroxylation is 1. The minimum atomic E-state index is -0.464. The van der Waals surface area contributed by atoms with Crippen LogP contribution >= 0.6 is 23.2 Å². The Morgan fingerprint density at radius 1 is 1.22 bits per heavy atom. The molecule has 5 heteroatoms. The van der Waals surface area contributed by atoms with Crippen molar-refractivity contribution < 1.29 is 4.39 Å². The van der Waals surface area contributed by atoms with E-state index in [1.165, 1.54) is 12.1 Å². The Morgan fingerprint density at radius 3 is 2.56 bits per heavy atom. The van der Waals surface area contributed by atoms with Crippen LogP contribution in [0.25, 0.3) is 11.4 Å². The van der Waals surface area contributed by atoms with Gasteiger partial charge in [-0.05, 0) is 31.5 Å². The molecule has 0 bridgehead atoms. The maximum Gasteiger partial charge on any atom is 0.161 e. The van der Waals surface area contributed by atoms with E-state index in [9.17, 15) is 4.39 Å². The lowest BCUT2D eigenvalue weighted by Gasteiger charge is -2.08. The van der Waals surface area contributed by atoms with Gasteiger partial charge in [0.25, 0.3) is 0 Å². The van der Waals surface area contributed by atoms with E-state index in [2.05, 4.69) is 9.97 Å². The van der Waals surface area contributed by atoms with E-state index in [1.54, 1.807) is 6.07 Å². The summed E-state index contributed by atoms with van der Waals surface area (Å²) in [5, 5.41) is 0.461. The van der Waals surface area contributed by atoms with Crippen molar-refractivity contribution in [2.45, 2.75) is 20.3 Å². The summed E-state index contributed by atoms with van der Waals surface area (Å²) in [6.45, 7) is 3.87. The zero-order valence-electron chi connectivity index (χ0n) is 9.97. The Kier molecular flexibility index (Phi) is 3.83. The van der Waals surface area contributed by atoms with Gasteiger partial charge in [0.2, 0.25) is 0 Å². The van der Waals surface area contributed by atoms with Crippen molar-refractivity contribution in [3.63, 3.8) is 0 Å². The number of aromatic nitrogens is 2. The average Bonchev–Trinajstić information content (AvgIpc) is 2.36. The maximum atomic E-state index is 13.1. The van der Waals surface area contributed by atoms with E-state index in [0.717, 1.165) is 17.7 Å². The molecule has 0 unspecified atom stereocenters. The molecule has 0 N–H and O–H groups in total. The molecule has 2 rings (SSSR count). The quantitative estimate of drug-likeness (QED) is 0.761. The Hall–Kier alpha value is -1.19. The van der Waals surface area contributed by atoms with Gasteiger partial charge in [0.05, 0.1) is 5.02 Å². The van der Waals surface area contributed by atoms with Crippen LogP contribution in [-0.4, -0.2) is 9.97 Å². The third-order valence-corrected chi connectivity index (χ3v) is 3.36. The molecule has 1 aromatic heterocycles. The second kappa shape index (κ2) is 5.21. The van der Waals surface area contributed by atoms with Gasteiger partial charge in [-0.15, -0.1) is 0 Å². The molecule has 18 heavy (non-hydrogen) atoms. The topological polar surface area (TPSA) is 25.8 Å². The summed E-state index contributed by atoms with van der Waals surface area (Å²) < 4.78 is 13.1. The molecule has 0 amide bonds. The van der Waals surface area contributed by atoms with E-state index >= 15 is 0 Å². The molecule has 1 aromatic carbocycles. The Balaban J connectivity index is 2.57. The summed E-state index contributed by atoms with van der Waals surface area (Å²) in [6, 6.07) is 4.37. The van der Waals surface area contributed by atoms with E-state index in [4.69, 9.17) is 23.2 Å². The minimum Gasteiger partial charge on any atom is -0.233 e. The lowest BCUT2D eigenvalue weighted by Crippen LogP contribution is -1.99. The third kappa shape index (κ3) is 2.47. The fourth-order valence-corrected chi connectivity index (χ4v) is 2.01. The Bertz CT molecular complexity index is 600. The maximum absolute atomic E-state index is 13.1. The lowest BCUT2D eigenvalue weighted by atomic mass is 10.1. The summed E-state index contributed by atoms with van der Waals surface area (Å²) in [6.07, 6.45) is 0.760. The van der Waals surface area contributed by atoms with E-state index in [-0.39, 0.29) is 5.02 Å². The van der Waals surface area contributed by atoms with Crippen molar-refractivity contribution in [1.29, 1.82) is 0 Å². The van der Waals surface area contributed by atoms with Crippen molar-refractivity contribution in [3.05, 3.63) is 45.4 Å². The standard InChI is InChI=1S/C13H11Cl2FN2/c1-3-11-7(2)12(15)18-13(17-11)8-4-5-10(16)9(14)6-8/h4-6H,3H2,1-2H3. The van der Waals surface area contributed by atoms with E-state index in [1.807, 2.05) is 13.8 Å². The zero-order valence-corrected chi connectivity index (χ0v) is 11.5. The van der Waals surface area contributed by atoms with Crippen LogP contribution in [0.15, 0.2) is 18.2 Å². The van der Waals surface area contributed by atoms with E-state index in [0.29, 0.717) is 16.5 Å². The van der Waals surface area contributed by atoms with Crippen LogP contribution in [0.1, 0.15) is 18.2 Å². The first kappa shape index (κ1) is 13.2. The van der Waals surface area contributed by atoms with Gasteiger partial charge in [0.1, 0.15) is 11.0 Å². The number of halogens is 3. The van der Waals surface area contributed by atoms with Gasteiger partial charge in [-0.1, -0.05) is 30.1 Å². The summed E-state index contributed by atoms with van der Waals surface area (Å²) in [5.74, 6) is -0.00121. The summed E-state index contributed by atoms with van der Waals surface area (Å²) in [4.78, 5) is 8.61. The summed E-state index contributed by atoms with van der Waals surface area (Å²) in [7, 11) is 0. The first-order valence-corrected chi connectivity index (χ1v) is 6.27. The summed E-state index contributed by atoms with van der Waals surface area (Å²) >= 11 is 11.8. The molecule has 0 aliphatic heterocycles. The first-order valence-electron chi connectivity index (χ1n) is 5.51. The van der Waals surface area contributed by atoms with Gasteiger partial charge in [-0.3, -0.25) is 0 Å². The largest absolute Gasteiger partial charge is 0.233 e. The van der Waals surface area contributed by atoms with Gasteiger partial charge < -0.3 is 0 Å². The summed E-state index contributed by atoms with van der Waals surface area (Å²) in [5.41, 5.74) is 2.40. The fraction of sp³-hybridized carbons (Fsp3) is 0.231. The molecule has 0 radical (unpaired) electrons. The second-order valence-electron chi connectivity index (χ2n) is 3.89. The van der Waals surface area contributed by atoms with Crippen molar-refractivity contribution >= 4 is 23.2 Å². The SMILES string of the molecule is CCc1nc(-c2ccc(F)c(Cl)c2)nc(Cl)c1C. The molecule has 2 nitrogen and oxygen atoms in total. The van der Waals surface area contributed by atoms with Crippen molar-refractivity contribution in [3.8, 4) is 11.4 Å². The lowest BCUT2D eigenvalue weighted by molar-refractivity contribution is 0.628. The monoisotopic (exact) mass is 284 g/mol. The molecule has 94 valence electrons. The molecule has 0 saturated carbocycles. The van der Waals surface area contributed by atoms with Crippen LogP contribution < -0.4 is 0 Å². The number of nitrogens with zero attached hydrogens (tertiary/aromatic N) is 2. The number of benzene rings is 1. The predicted octanol–water partition coefficient (Wildman–Crippen LogP) is 4.46. The molecule has 0 saturated heterocycles. The molecule has 1 heterocycles. The number of hydrogen-bond acceptors (Lipinski definition) is 2. The smallest absolute Gasteiger partial charge is 0.161 e. The third-order valence-electron chi connectivity index (χ3n) is 2.70. The zero-order chi connectivity index (χ0) is 13.3. The number of rotatable bonds is 2. The molecule has 0 aliphatic carbocycles.